The molecule has 3 N–H and O–H groups in total. The van der Waals surface area contributed by atoms with Crippen molar-refractivity contribution in [2.45, 2.75) is 50.8 Å². The molecule has 1 fully saturated rings. The molecular weight excluding hydrogens is 292 g/mol. The Labute approximate surface area is 128 Å². The Morgan fingerprint density at radius 1 is 1.14 bits per heavy atom. The van der Waals surface area contributed by atoms with Gasteiger partial charge in [0.2, 0.25) is 0 Å². The van der Waals surface area contributed by atoms with E-state index in [-0.39, 0.29) is 17.2 Å². The van der Waals surface area contributed by atoms with Crippen LogP contribution in [0.5, 0.6) is 0 Å². The highest BCUT2D eigenvalue weighted by molar-refractivity contribution is 7.99. The van der Waals surface area contributed by atoms with Crippen LogP contribution in [0.4, 0.5) is 4.79 Å². The molecule has 0 saturated heterocycles. The fourth-order valence-electron chi connectivity index (χ4n) is 2.24. The number of imide groups is 1. The molecule has 0 heterocycles. The van der Waals surface area contributed by atoms with Gasteiger partial charge in [-0.05, 0) is 39.4 Å². The van der Waals surface area contributed by atoms with Gasteiger partial charge in [0.05, 0.1) is 0 Å². The molecule has 1 aliphatic rings. The lowest BCUT2D eigenvalue weighted by atomic mass is 9.95. The molecule has 2 atom stereocenters. The Kier molecular flexibility index (Phi) is 6.74. The first-order valence-corrected chi connectivity index (χ1v) is 8.19. The van der Waals surface area contributed by atoms with Gasteiger partial charge >= 0.3 is 12.0 Å². The van der Waals surface area contributed by atoms with Crippen LogP contribution in [0.15, 0.2) is 11.1 Å². The van der Waals surface area contributed by atoms with Gasteiger partial charge in [0.15, 0.2) is 0 Å². The van der Waals surface area contributed by atoms with Crippen LogP contribution in [0.2, 0.25) is 0 Å². The maximum Gasteiger partial charge on any atom is 0.331 e. The second-order valence-corrected chi connectivity index (χ2v) is 6.34. The quantitative estimate of drug-likeness (QED) is 0.689. The zero-order valence-electron chi connectivity index (χ0n) is 12.6. The number of thioether (sulfide) groups is 1. The normalized spacial score (nSPS) is 23.0. The number of carbonyl (C=O) groups excluding carboxylic acids is 2. The average molecular weight is 314 g/mol. The van der Waals surface area contributed by atoms with Crippen molar-refractivity contribution in [1.82, 2.24) is 10.6 Å². The first kappa shape index (κ1) is 17.6. The van der Waals surface area contributed by atoms with Crippen LogP contribution in [0, 0.1) is 0 Å². The monoisotopic (exact) mass is 314 g/mol. The highest BCUT2D eigenvalue weighted by atomic mass is 32.2. The number of carbonyl (C=O) groups is 3. The molecule has 1 aliphatic carbocycles. The number of carboxylic acid groups (broad SMARTS) is 1. The number of aliphatic carboxylic acids is 1. The fourth-order valence-corrected chi connectivity index (χ4v) is 3.07. The first-order valence-electron chi connectivity index (χ1n) is 6.90. The number of urea groups is 1. The standard InChI is InChI=1S/C14H22N2O4S/c1-8(9(2)13(18)19)12(17)16-14(20)15-10-5-4-6-11(7-10)21-3/h10-11H,4-7H2,1-3H3,(H,18,19)(H2,15,16,17,20). The van der Waals surface area contributed by atoms with Crippen molar-refractivity contribution in [3.8, 4) is 0 Å². The minimum absolute atomic E-state index is 0.0308. The van der Waals surface area contributed by atoms with Crippen molar-refractivity contribution in [2.75, 3.05) is 6.26 Å². The molecule has 7 heteroatoms. The van der Waals surface area contributed by atoms with Crippen molar-refractivity contribution in [1.29, 1.82) is 0 Å². The Hall–Kier alpha value is -1.50. The molecule has 0 radical (unpaired) electrons. The second kappa shape index (κ2) is 8.07. The summed E-state index contributed by atoms with van der Waals surface area (Å²) in [4.78, 5) is 34.3. The Morgan fingerprint density at radius 3 is 2.38 bits per heavy atom. The van der Waals surface area contributed by atoms with E-state index >= 15 is 0 Å². The number of carboxylic acids is 1. The van der Waals surface area contributed by atoms with Crippen molar-refractivity contribution in [3.05, 3.63) is 11.1 Å². The summed E-state index contributed by atoms with van der Waals surface area (Å²) in [6.45, 7) is 2.72. The smallest absolute Gasteiger partial charge is 0.331 e. The number of rotatable bonds is 4. The van der Waals surface area contributed by atoms with Gasteiger partial charge in [0, 0.05) is 22.4 Å². The molecule has 118 valence electrons. The van der Waals surface area contributed by atoms with E-state index in [2.05, 4.69) is 16.9 Å². The largest absolute Gasteiger partial charge is 0.478 e. The minimum Gasteiger partial charge on any atom is -0.478 e. The minimum atomic E-state index is -1.17. The van der Waals surface area contributed by atoms with Gasteiger partial charge < -0.3 is 10.4 Å². The van der Waals surface area contributed by atoms with E-state index in [1.165, 1.54) is 13.8 Å². The Balaban J connectivity index is 2.52. The molecule has 21 heavy (non-hydrogen) atoms. The van der Waals surface area contributed by atoms with Gasteiger partial charge in [-0.2, -0.15) is 11.8 Å². The lowest BCUT2D eigenvalue weighted by Crippen LogP contribution is -2.46. The molecule has 0 aliphatic heterocycles. The van der Waals surface area contributed by atoms with E-state index in [4.69, 9.17) is 5.11 Å². The van der Waals surface area contributed by atoms with E-state index < -0.39 is 17.9 Å². The van der Waals surface area contributed by atoms with Crippen LogP contribution in [0.1, 0.15) is 39.5 Å². The molecule has 0 aromatic rings. The molecular formula is C14H22N2O4S. The van der Waals surface area contributed by atoms with Crippen molar-refractivity contribution >= 4 is 29.7 Å². The van der Waals surface area contributed by atoms with Gasteiger partial charge in [-0.3, -0.25) is 10.1 Å². The zero-order valence-corrected chi connectivity index (χ0v) is 13.4. The molecule has 0 spiro atoms. The molecule has 1 saturated carbocycles. The van der Waals surface area contributed by atoms with Gasteiger partial charge in [-0.25, -0.2) is 9.59 Å². The van der Waals surface area contributed by atoms with Crippen molar-refractivity contribution < 1.29 is 19.5 Å². The summed E-state index contributed by atoms with van der Waals surface area (Å²) in [6.07, 6.45) is 6.06. The predicted molar refractivity (Wildman–Crippen MR) is 82.2 cm³/mol. The van der Waals surface area contributed by atoms with E-state index in [1.807, 2.05) is 0 Å². The lowest BCUT2D eigenvalue weighted by molar-refractivity contribution is -0.133. The number of nitrogens with one attached hydrogen (secondary N) is 2. The Bertz CT molecular complexity index is 462. The van der Waals surface area contributed by atoms with Crippen molar-refractivity contribution in [3.63, 3.8) is 0 Å². The summed E-state index contributed by atoms with van der Waals surface area (Å²) >= 11 is 1.79. The number of hydrogen-bond acceptors (Lipinski definition) is 4. The molecule has 2 unspecified atom stereocenters. The zero-order chi connectivity index (χ0) is 16.0. The van der Waals surface area contributed by atoms with Crippen LogP contribution in [-0.2, 0) is 9.59 Å². The van der Waals surface area contributed by atoms with E-state index in [1.54, 1.807) is 11.8 Å². The van der Waals surface area contributed by atoms with Crippen LogP contribution in [-0.4, -0.2) is 40.6 Å². The predicted octanol–water partition coefficient (Wildman–Crippen LogP) is 1.91. The summed E-state index contributed by atoms with van der Waals surface area (Å²) in [5.41, 5.74) is -0.0382. The van der Waals surface area contributed by atoms with Crippen LogP contribution in [0.25, 0.3) is 0 Å². The third-order valence-electron chi connectivity index (χ3n) is 3.75. The van der Waals surface area contributed by atoms with E-state index in [0.29, 0.717) is 5.25 Å². The van der Waals surface area contributed by atoms with Crippen LogP contribution >= 0.6 is 11.8 Å². The highest BCUT2D eigenvalue weighted by Crippen LogP contribution is 2.26. The maximum atomic E-state index is 11.8. The summed E-state index contributed by atoms with van der Waals surface area (Å²) in [7, 11) is 0. The van der Waals surface area contributed by atoms with Gasteiger partial charge in [0.1, 0.15) is 0 Å². The second-order valence-electron chi connectivity index (χ2n) is 5.20. The Morgan fingerprint density at radius 2 is 1.81 bits per heavy atom. The molecule has 6 nitrogen and oxygen atoms in total. The number of amides is 3. The molecule has 1 rings (SSSR count). The highest BCUT2D eigenvalue weighted by Gasteiger charge is 2.23. The van der Waals surface area contributed by atoms with E-state index in [0.717, 1.165) is 25.7 Å². The summed E-state index contributed by atoms with van der Waals surface area (Å²) < 4.78 is 0. The van der Waals surface area contributed by atoms with Gasteiger partial charge in [-0.1, -0.05) is 6.42 Å². The summed E-state index contributed by atoms with van der Waals surface area (Å²) in [5.74, 6) is -1.84. The molecule has 3 amide bonds. The van der Waals surface area contributed by atoms with Crippen molar-refractivity contribution in [2.24, 2.45) is 0 Å². The molecule has 0 aromatic carbocycles. The topological polar surface area (TPSA) is 95.5 Å². The third kappa shape index (κ3) is 5.41. The van der Waals surface area contributed by atoms with Gasteiger partial charge in [0.25, 0.3) is 5.91 Å². The fraction of sp³-hybridized carbons (Fsp3) is 0.643. The summed E-state index contributed by atoms with van der Waals surface area (Å²) in [6, 6.07) is -0.502. The molecule has 0 aromatic heterocycles. The van der Waals surface area contributed by atoms with Crippen LogP contribution < -0.4 is 10.6 Å². The first-order chi connectivity index (χ1) is 9.85. The molecule has 0 bridgehead atoms. The van der Waals surface area contributed by atoms with Gasteiger partial charge in [-0.15, -0.1) is 0 Å². The lowest BCUT2D eigenvalue weighted by Gasteiger charge is -2.28. The average Bonchev–Trinajstić information content (AvgIpc) is 2.45. The maximum absolute atomic E-state index is 11.8. The summed E-state index contributed by atoms with van der Waals surface area (Å²) in [5, 5.41) is 14.3. The number of hydrogen-bond donors (Lipinski definition) is 3. The third-order valence-corrected chi connectivity index (χ3v) is 4.84. The SMILES string of the molecule is CSC1CCCC(NC(=O)NC(=O)C(C)=C(C)C(=O)O)C1. The van der Waals surface area contributed by atoms with E-state index in [9.17, 15) is 14.4 Å². The van der Waals surface area contributed by atoms with Crippen LogP contribution in [0.3, 0.4) is 0 Å².